The fourth-order valence-electron chi connectivity index (χ4n) is 4.55. The summed E-state index contributed by atoms with van der Waals surface area (Å²) in [5.41, 5.74) is 2.63. The van der Waals surface area contributed by atoms with Crippen molar-refractivity contribution in [3.63, 3.8) is 0 Å². The predicted molar refractivity (Wildman–Crippen MR) is 161 cm³/mol. The first-order chi connectivity index (χ1) is 19.1. The molecule has 192 valence electrons. The Labute approximate surface area is 233 Å². The topological polar surface area (TPSA) is 54.3 Å². The molecule has 39 heavy (non-hydrogen) atoms. The molecule has 0 aliphatic heterocycles. The second-order valence-corrected chi connectivity index (χ2v) is 18.7. The molecule has 0 heterocycles. The zero-order valence-electron chi connectivity index (χ0n) is 21.9. The summed E-state index contributed by atoms with van der Waals surface area (Å²) in [6.45, 7) is 0. The molecular formula is C33H29N3O2Sn. The van der Waals surface area contributed by atoms with Gasteiger partial charge in [0.2, 0.25) is 0 Å². The first kappa shape index (κ1) is 26.4. The Balaban J connectivity index is 1.57. The van der Waals surface area contributed by atoms with Gasteiger partial charge in [0, 0.05) is 0 Å². The molecule has 5 rings (SSSR count). The molecule has 0 spiro atoms. The van der Waals surface area contributed by atoms with Crippen LogP contribution in [0.1, 0.15) is 10.4 Å². The number of benzene rings is 5. The van der Waals surface area contributed by atoms with Crippen molar-refractivity contribution in [2.45, 2.75) is 0 Å². The van der Waals surface area contributed by atoms with Crippen LogP contribution in [-0.4, -0.2) is 38.9 Å². The van der Waals surface area contributed by atoms with Crippen molar-refractivity contribution in [3.8, 4) is 0 Å². The fourth-order valence-corrected chi connectivity index (χ4v) is 15.2. The third-order valence-electron chi connectivity index (χ3n) is 6.55. The molecule has 0 radical (unpaired) electrons. The van der Waals surface area contributed by atoms with Crippen LogP contribution in [0.3, 0.4) is 0 Å². The SMILES string of the molecule is CN(C)c1ccc(N=Nc2ccccc2C(=O)[O][Sn]([c]2ccccc2)([c]2ccccc2)[c]2ccccc2)cc1. The Morgan fingerprint density at radius 3 is 1.54 bits per heavy atom. The molecule has 0 N–H and O–H groups in total. The van der Waals surface area contributed by atoms with Crippen molar-refractivity contribution in [2.75, 3.05) is 19.0 Å². The van der Waals surface area contributed by atoms with Gasteiger partial charge in [0.1, 0.15) is 0 Å². The molecule has 0 saturated carbocycles. The maximum absolute atomic E-state index is 14.1. The van der Waals surface area contributed by atoms with E-state index in [1.807, 2.05) is 110 Å². The van der Waals surface area contributed by atoms with Gasteiger partial charge >= 0.3 is 235 Å². The summed E-state index contributed by atoms with van der Waals surface area (Å²) in [5, 5.41) is 8.86. The summed E-state index contributed by atoms with van der Waals surface area (Å²) in [6.07, 6.45) is 0. The third-order valence-corrected chi connectivity index (χ3v) is 17.8. The van der Waals surface area contributed by atoms with Crippen LogP contribution in [0.4, 0.5) is 17.1 Å². The van der Waals surface area contributed by atoms with Gasteiger partial charge in [-0.1, -0.05) is 0 Å². The molecule has 0 bridgehead atoms. The van der Waals surface area contributed by atoms with Gasteiger partial charge < -0.3 is 0 Å². The van der Waals surface area contributed by atoms with Crippen LogP contribution in [0.5, 0.6) is 0 Å². The van der Waals surface area contributed by atoms with Gasteiger partial charge in [-0.2, -0.15) is 0 Å². The van der Waals surface area contributed by atoms with E-state index in [4.69, 9.17) is 3.07 Å². The van der Waals surface area contributed by atoms with E-state index < -0.39 is 24.8 Å². The molecule has 0 atom stereocenters. The monoisotopic (exact) mass is 619 g/mol. The molecule has 5 aromatic rings. The van der Waals surface area contributed by atoms with E-state index >= 15 is 0 Å². The quantitative estimate of drug-likeness (QED) is 0.159. The molecular weight excluding hydrogens is 589 g/mol. The van der Waals surface area contributed by atoms with Crippen LogP contribution in [0.15, 0.2) is 150 Å². The van der Waals surface area contributed by atoms with Crippen molar-refractivity contribution in [1.82, 2.24) is 0 Å². The van der Waals surface area contributed by atoms with Crippen LogP contribution in [-0.2, 0) is 3.07 Å². The number of azo groups is 1. The van der Waals surface area contributed by atoms with Crippen LogP contribution in [0.25, 0.3) is 0 Å². The van der Waals surface area contributed by atoms with Gasteiger partial charge in [0.25, 0.3) is 0 Å². The third kappa shape index (κ3) is 5.78. The molecule has 0 saturated heterocycles. The summed E-state index contributed by atoms with van der Waals surface area (Å²) in [6, 6.07) is 45.4. The second-order valence-electron chi connectivity index (χ2n) is 9.30. The number of anilines is 1. The minimum atomic E-state index is -4.27. The predicted octanol–water partition coefficient (Wildman–Crippen LogP) is 5.99. The zero-order chi connectivity index (χ0) is 27.1. The first-order valence-electron chi connectivity index (χ1n) is 12.8. The number of carbonyl (C=O) groups excluding carboxylic acids is 1. The average molecular weight is 618 g/mol. The first-order valence-corrected chi connectivity index (χ1v) is 18.2. The summed E-state index contributed by atoms with van der Waals surface area (Å²) >= 11 is -4.27. The zero-order valence-corrected chi connectivity index (χ0v) is 24.8. The van der Waals surface area contributed by atoms with Gasteiger partial charge in [0.15, 0.2) is 0 Å². The van der Waals surface area contributed by atoms with E-state index in [1.54, 1.807) is 12.1 Å². The Hall–Kier alpha value is -4.23. The van der Waals surface area contributed by atoms with Gasteiger partial charge in [-0.15, -0.1) is 0 Å². The van der Waals surface area contributed by atoms with E-state index in [0.717, 1.165) is 16.4 Å². The van der Waals surface area contributed by atoms with E-state index in [1.165, 1.54) is 0 Å². The molecule has 0 aliphatic carbocycles. The Morgan fingerprint density at radius 1 is 0.590 bits per heavy atom. The molecule has 0 amide bonds. The second kappa shape index (κ2) is 12.1. The normalized spacial score (nSPS) is 11.3. The van der Waals surface area contributed by atoms with Crippen molar-refractivity contribution in [1.29, 1.82) is 0 Å². The van der Waals surface area contributed by atoms with E-state index in [-0.39, 0.29) is 0 Å². The summed E-state index contributed by atoms with van der Waals surface area (Å²) < 4.78 is 9.94. The van der Waals surface area contributed by atoms with Crippen LogP contribution in [0.2, 0.25) is 0 Å². The van der Waals surface area contributed by atoms with E-state index in [0.29, 0.717) is 16.9 Å². The van der Waals surface area contributed by atoms with E-state index in [9.17, 15) is 4.79 Å². The minimum absolute atomic E-state index is 0.384. The molecule has 6 heteroatoms. The van der Waals surface area contributed by atoms with Gasteiger partial charge in [-0.25, -0.2) is 0 Å². The van der Waals surface area contributed by atoms with Crippen LogP contribution < -0.4 is 15.6 Å². The van der Waals surface area contributed by atoms with Crippen LogP contribution >= 0.6 is 0 Å². The Bertz CT molecular complexity index is 1460. The molecule has 5 aromatic carbocycles. The number of carbonyl (C=O) groups is 1. The van der Waals surface area contributed by atoms with Crippen molar-refractivity contribution in [3.05, 3.63) is 145 Å². The summed E-state index contributed by atoms with van der Waals surface area (Å²) in [7, 11) is 3.98. The molecule has 0 aromatic heterocycles. The number of nitrogens with zero attached hydrogens (tertiary/aromatic N) is 3. The standard InChI is InChI=1S/C15H15N3O2.3C6H5.Sn/c1-18(2)12-9-7-11(8-10-12)16-17-14-6-4-3-5-13(14)15(19)20;3*1-2-4-6-5-3-1;/h3-10H,1-2H3,(H,19,20);3*1-5H;/q;;;;+1/p-1. The van der Waals surface area contributed by atoms with Crippen molar-refractivity contribution in [2.24, 2.45) is 10.2 Å². The molecule has 0 aliphatic rings. The Kier molecular flexibility index (Phi) is 8.18. The van der Waals surface area contributed by atoms with Crippen molar-refractivity contribution >= 4 is 52.6 Å². The Morgan fingerprint density at radius 2 is 1.05 bits per heavy atom. The molecule has 0 fully saturated rings. The number of rotatable bonds is 8. The van der Waals surface area contributed by atoms with Gasteiger partial charge in [0.05, 0.1) is 0 Å². The van der Waals surface area contributed by atoms with Crippen molar-refractivity contribution < 1.29 is 7.87 Å². The fraction of sp³-hybridized carbons (Fsp3) is 0.0606. The molecule has 0 unspecified atom stereocenters. The van der Waals surface area contributed by atoms with Crippen LogP contribution in [0, 0.1) is 0 Å². The number of hydrogen-bond donors (Lipinski definition) is 0. The summed E-state index contributed by atoms with van der Waals surface area (Å²) in [4.78, 5) is 16.1. The van der Waals surface area contributed by atoms with Gasteiger partial charge in [-0.05, 0) is 0 Å². The molecule has 5 nitrogen and oxygen atoms in total. The average Bonchev–Trinajstić information content (AvgIpc) is 3.00. The van der Waals surface area contributed by atoms with Gasteiger partial charge in [-0.3, -0.25) is 0 Å². The van der Waals surface area contributed by atoms with E-state index in [2.05, 4.69) is 46.6 Å². The number of hydrogen-bond acceptors (Lipinski definition) is 5. The maximum atomic E-state index is 14.1. The summed E-state index contributed by atoms with van der Waals surface area (Å²) in [5.74, 6) is -0.403.